The highest BCUT2D eigenvalue weighted by atomic mass is 19.1. The maximum Gasteiger partial charge on any atom is 0.274 e. The minimum atomic E-state index is -0.849. The Morgan fingerprint density at radius 2 is 1.97 bits per heavy atom. The number of amides is 1. The van der Waals surface area contributed by atoms with Gasteiger partial charge in [0.2, 0.25) is 0 Å². The van der Waals surface area contributed by atoms with Crippen molar-refractivity contribution in [1.82, 2.24) is 15.0 Å². The van der Waals surface area contributed by atoms with E-state index in [9.17, 15) is 23.9 Å². The van der Waals surface area contributed by atoms with Crippen LogP contribution in [-0.2, 0) is 0 Å². The largest absolute Gasteiger partial charge is 0.394 e. The van der Waals surface area contributed by atoms with E-state index >= 15 is 0 Å². The number of carbonyl (C=O) groups is 1. The van der Waals surface area contributed by atoms with Crippen LogP contribution < -0.4 is 16.0 Å². The van der Waals surface area contributed by atoms with Crippen LogP contribution in [0.2, 0.25) is 0 Å². The van der Waals surface area contributed by atoms with Crippen LogP contribution in [0.3, 0.4) is 0 Å². The van der Waals surface area contributed by atoms with Crippen molar-refractivity contribution in [2.45, 2.75) is 18.5 Å². The van der Waals surface area contributed by atoms with Crippen LogP contribution in [0.4, 0.5) is 20.2 Å². The van der Waals surface area contributed by atoms with E-state index in [4.69, 9.17) is 5.73 Å². The lowest BCUT2D eigenvalue weighted by Gasteiger charge is -2.28. The lowest BCUT2D eigenvalue weighted by atomic mass is 10.0. The molecule has 4 N–H and O–H groups in total. The Morgan fingerprint density at radius 3 is 2.72 bits per heavy atom. The van der Waals surface area contributed by atoms with Gasteiger partial charge in [0, 0.05) is 36.7 Å². The Hall–Kier alpha value is -4.79. The molecule has 3 heterocycles. The molecule has 2 unspecified atom stereocenters. The number of anilines is 2. The molecule has 5 rings (SSSR count). The Labute approximate surface area is 222 Å². The third-order valence-electron chi connectivity index (χ3n) is 6.54. The molecule has 1 aliphatic rings. The average molecular weight is 528 g/mol. The predicted octanol–water partition coefficient (Wildman–Crippen LogP) is 3.51. The fourth-order valence-corrected chi connectivity index (χ4v) is 4.69. The molecule has 9 nitrogen and oxygen atoms in total. The number of nitriles is 1. The molecule has 1 aliphatic heterocycles. The van der Waals surface area contributed by atoms with Crippen LogP contribution in [0.5, 0.6) is 0 Å². The van der Waals surface area contributed by atoms with Gasteiger partial charge in [0.15, 0.2) is 5.82 Å². The summed E-state index contributed by atoms with van der Waals surface area (Å²) in [5.74, 6) is -2.59. The fraction of sp³-hybridized carbons (Fsp3) is 0.179. The molecule has 39 heavy (non-hydrogen) atoms. The minimum Gasteiger partial charge on any atom is -0.394 e. The molecule has 1 saturated heterocycles. The van der Waals surface area contributed by atoms with Gasteiger partial charge in [0.05, 0.1) is 41.2 Å². The molecule has 1 fully saturated rings. The molecule has 0 aliphatic carbocycles. The molecular formula is C28H23F2N7O2. The second kappa shape index (κ2) is 10.9. The third-order valence-corrected chi connectivity index (χ3v) is 6.54. The van der Waals surface area contributed by atoms with Crippen molar-refractivity contribution >= 4 is 17.3 Å². The lowest BCUT2D eigenvalue weighted by Crippen LogP contribution is -2.33. The summed E-state index contributed by atoms with van der Waals surface area (Å²) < 4.78 is 28.6. The number of benzene rings is 2. The standard InChI is InChI=1S/C28H23F2N7O2/c29-21-2-1-3-22(30)26(21)27-34-9-7-24(35-27)28(39)36-23-5-4-16(20-13-33-8-6-17(20)12-31)10-25(23)37-14-18(32)11-19(37)15-38/h1-10,13,18-19,38H,11,14-15,32H2,(H,36,39). The highest BCUT2D eigenvalue weighted by molar-refractivity contribution is 6.05. The molecule has 11 heteroatoms. The molecule has 2 aromatic heterocycles. The molecule has 196 valence electrons. The van der Waals surface area contributed by atoms with E-state index in [-0.39, 0.29) is 30.2 Å². The Balaban J connectivity index is 1.53. The Bertz CT molecular complexity index is 1570. The number of aliphatic hydroxyl groups is 1. The van der Waals surface area contributed by atoms with Gasteiger partial charge in [-0.05, 0) is 48.4 Å². The summed E-state index contributed by atoms with van der Waals surface area (Å²) in [7, 11) is 0. The summed E-state index contributed by atoms with van der Waals surface area (Å²) >= 11 is 0. The van der Waals surface area contributed by atoms with Crippen molar-refractivity contribution in [1.29, 1.82) is 5.26 Å². The van der Waals surface area contributed by atoms with Gasteiger partial charge in [-0.3, -0.25) is 9.78 Å². The number of aromatic nitrogens is 3. The molecule has 2 aromatic carbocycles. The van der Waals surface area contributed by atoms with Crippen molar-refractivity contribution in [2.24, 2.45) is 5.73 Å². The molecule has 2 atom stereocenters. The first-order chi connectivity index (χ1) is 18.9. The first-order valence-electron chi connectivity index (χ1n) is 12.1. The summed E-state index contributed by atoms with van der Waals surface area (Å²) in [5, 5.41) is 22.4. The number of aliphatic hydroxyl groups excluding tert-OH is 1. The maximum atomic E-state index is 14.3. The van der Waals surface area contributed by atoms with Gasteiger partial charge in [-0.25, -0.2) is 18.7 Å². The van der Waals surface area contributed by atoms with Gasteiger partial charge in [-0.1, -0.05) is 12.1 Å². The van der Waals surface area contributed by atoms with Crippen molar-refractivity contribution < 1.29 is 18.7 Å². The second-order valence-electron chi connectivity index (χ2n) is 9.07. The average Bonchev–Trinajstić information content (AvgIpc) is 3.33. The van der Waals surface area contributed by atoms with Gasteiger partial charge in [-0.2, -0.15) is 5.26 Å². The van der Waals surface area contributed by atoms with Crippen LogP contribution in [0, 0.1) is 23.0 Å². The summed E-state index contributed by atoms with van der Waals surface area (Å²) in [6.07, 6.45) is 4.91. The zero-order chi connectivity index (χ0) is 27.5. The molecule has 4 aromatic rings. The van der Waals surface area contributed by atoms with Crippen LogP contribution in [-0.4, -0.2) is 51.2 Å². The van der Waals surface area contributed by atoms with E-state index in [0.29, 0.717) is 41.0 Å². The van der Waals surface area contributed by atoms with Gasteiger partial charge in [0.1, 0.15) is 17.3 Å². The number of hydrogen-bond acceptors (Lipinski definition) is 8. The molecule has 1 amide bonds. The molecular weight excluding hydrogens is 504 g/mol. The molecule has 0 radical (unpaired) electrons. The zero-order valence-electron chi connectivity index (χ0n) is 20.6. The Kier molecular flexibility index (Phi) is 7.23. The maximum absolute atomic E-state index is 14.3. The highest BCUT2D eigenvalue weighted by Gasteiger charge is 2.31. The summed E-state index contributed by atoms with van der Waals surface area (Å²) in [4.78, 5) is 27.4. The Morgan fingerprint density at radius 1 is 1.18 bits per heavy atom. The number of nitrogens with one attached hydrogen (secondary N) is 1. The lowest BCUT2D eigenvalue weighted by molar-refractivity contribution is 0.102. The second-order valence-corrected chi connectivity index (χ2v) is 9.07. The van der Waals surface area contributed by atoms with Gasteiger partial charge in [0.25, 0.3) is 5.91 Å². The first-order valence-corrected chi connectivity index (χ1v) is 12.1. The van der Waals surface area contributed by atoms with E-state index in [1.165, 1.54) is 24.5 Å². The van der Waals surface area contributed by atoms with Gasteiger partial charge < -0.3 is 21.1 Å². The summed E-state index contributed by atoms with van der Waals surface area (Å²) in [6.45, 7) is 0.283. The monoisotopic (exact) mass is 527 g/mol. The van der Waals surface area contributed by atoms with E-state index in [0.717, 1.165) is 12.1 Å². The molecule has 0 bridgehead atoms. The first kappa shape index (κ1) is 25.8. The van der Waals surface area contributed by atoms with Crippen LogP contribution in [0.25, 0.3) is 22.5 Å². The van der Waals surface area contributed by atoms with Gasteiger partial charge >= 0.3 is 0 Å². The van der Waals surface area contributed by atoms with E-state index in [1.807, 2.05) is 4.90 Å². The SMILES string of the molecule is N#Cc1ccncc1-c1ccc(NC(=O)c2ccnc(-c3c(F)cccc3F)n2)c(N2CC(N)CC2CO)c1. The zero-order valence-corrected chi connectivity index (χ0v) is 20.6. The fourth-order valence-electron chi connectivity index (χ4n) is 4.69. The van der Waals surface area contributed by atoms with Crippen molar-refractivity contribution in [3.05, 3.63) is 90.0 Å². The minimum absolute atomic E-state index is 0.103. The summed E-state index contributed by atoms with van der Waals surface area (Å²) in [5.41, 5.74) is 8.35. The van der Waals surface area contributed by atoms with Crippen LogP contribution in [0.1, 0.15) is 22.5 Å². The number of carbonyl (C=O) groups excluding carboxylic acids is 1. The molecule has 0 spiro atoms. The van der Waals surface area contributed by atoms with E-state index in [2.05, 4.69) is 26.3 Å². The van der Waals surface area contributed by atoms with Gasteiger partial charge in [-0.15, -0.1) is 0 Å². The normalized spacial score (nSPS) is 16.6. The number of nitrogens with zero attached hydrogens (tertiary/aromatic N) is 5. The van der Waals surface area contributed by atoms with E-state index in [1.54, 1.807) is 30.5 Å². The topological polar surface area (TPSA) is 141 Å². The smallest absolute Gasteiger partial charge is 0.274 e. The van der Waals surface area contributed by atoms with E-state index < -0.39 is 23.1 Å². The number of hydrogen-bond donors (Lipinski definition) is 3. The number of nitrogens with two attached hydrogens (primary N) is 1. The quantitative estimate of drug-likeness (QED) is 0.346. The number of rotatable bonds is 6. The van der Waals surface area contributed by atoms with Crippen LogP contribution in [0.15, 0.2) is 67.1 Å². The van der Waals surface area contributed by atoms with Crippen molar-refractivity contribution in [3.8, 4) is 28.6 Å². The van der Waals surface area contributed by atoms with Crippen molar-refractivity contribution in [3.63, 3.8) is 0 Å². The number of halogens is 2. The van der Waals surface area contributed by atoms with Crippen molar-refractivity contribution in [2.75, 3.05) is 23.4 Å². The predicted molar refractivity (Wildman–Crippen MR) is 141 cm³/mol. The molecule has 0 saturated carbocycles. The number of pyridine rings is 1. The highest BCUT2D eigenvalue weighted by Crippen LogP contribution is 2.36. The van der Waals surface area contributed by atoms with Crippen LogP contribution >= 0.6 is 0 Å². The third kappa shape index (κ3) is 5.16. The summed E-state index contributed by atoms with van der Waals surface area (Å²) in [6, 6.07) is 13.2.